The van der Waals surface area contributed by atoms with Crippen molar-refractivity contribution in [3.05, 3.63) is 5.69 Å². The summed E-state index contributed by atoms with van der Waals surface area (Å²) in [5.74, 6) is 1.18. The number of aromatic nitrogens is 3. The average Bonchev–Trinajstić information content (AvgIpc) is 3.02. The molecule has 0 aliphatic carbocycles. The van der Waals surface area contributed by atoms with Gasteiger partial charge in [0, 0.05) is 0 Å². The zero-order valence-electron chi connectivity index (χ0n) is 10.9. The van der Waals surface area contributed by atoms with Crippen molar-refractivity contribution in [1.82, 2.24) is 20.7 Å². The van der Waals surface area contributed by atoms with Gasteiger partial charge in [0.25, 0.3) is 0 Å². The van der Waals surface area contributed by atoms with E-state index in [2.05, 4.69) is 41.5 Å². The second-order valence-electron chi connectivity index (χ2n) is 4.60. The quantitative estimate of drug-likeness (QED) is 0.815. The van der Waals surface area contributed by atoms with E-state index >= 15 is 0 Å². The molecule has 17 heavy (non-hydrogen) atoms. The van der Waals surface area contributed by atoms with Gasteiger partial charge in [-0.05, 0) is 0 Å². The molecule has 4 nitrogen and oxygen atoms in total. The van der Waals surface area contributed by atoms with E-state index in [4.69, 9.17) is 0 Å². The van der Waals surface area contributed by atoms with Crippen molar-refractivity contribution in [1.29, 1.82) is 0 Å². The van der Waals surface area contributed by atoms with Crippen LogP contribution in [0.15, 0.2) is 0 Å². The van der Waals surface area contributed by atoms with Crippen molar-refractivity contribution in [2.45, 2.75) is 41.9 Å². The van der Waals surface area contributed by atoms with Crippen molar-refractivity contribution >= 4 is 29.6 Å². The zero-order chi connectivity index (χ0) is 12.3. The minimum atomic E-state index is -1.97. The Labute approximate surface area is 110 Å². The number of nitrogens with one attached hydrogen (secondary N) is 2. The van der Waals surface area contributed by atoms with Crippen LogP contribution in [0.5, 0.6) is 0 Å². The van der Waals surface area contributed by atoms with Gasteiger partial charge in [0.15, 0.2) is 0 Å². The Morgan fingerprint density at radius 1 is 1.24 bits per heavy atom. The van der Waals surface area contributed by atoms with Gasteiger partial charge < -0.3 is 0 Å². The van der Waals surface area contributed by atoms with Gasteiger partial charge in [0.2, 0.25) is 0 Å². The van der Waals surface area contributed by atoms with Crippen LogP contribution in [-0.2, 0) is 0 Å². The van der Waals surface area contributed by atoms with Gasteiger partial charge in [-0.15, -0.1) is 0 Å². The summed E-state index contributed by atoms with van der Waals surface area (Å²) in [4.78, 5) is 0. The van der Waals surface area contributed by atoms with E-state index in [-0.39, 0.29) is 0 Å². The number of thioether (sulfide) groups is 1. The zero-order valence-corrected chi connectivity index (χ0v) is 13.8. The molecule has 1 saturated heterocycles. The van der Waals surface area contributed by atoms with Crippen molar-refractivity contribution in [2.24, 2.45) is 0 Å². The maximum atomic E-state index is 4.54. The van der Waals surface area contributed by atoms with Gasteiger partial charge in [-0.3, -0.25) is 0 Å². The first-order valence-electron chi connectivity index (χ1n) is 6.53. The van der Waals surface area contributed by atoms with Crippen molar-refractivity contribution in [2.75, 3.05) is 12.3 Å². The molecule has 0 amide bonds. The van der Waals surface area contributed by atoms with Gasteiger partial charge >= 0.3 is 110 Å². The van der Waals surface area contributed by atoms with Gasteiger partial charge in [0.05, 0.1) is 0 Å². The molecule has 1 aromatic heterocycles. The van der Waals surface area contributed by atoms with Crippen LogP contribution in [0.2, 0.25) is 15.8 Å². The first-order valence-corrected chi connectivity index (χ1v) is 13.1. The van der Waals surface area contributed by atoms with E-state index in [1.807, 2.05) is 11.8 Å². The summed E-state index contributed by atoms with van der Waals surface area (Å²) in [7, 11) is 0. The van der Waals surface area contributed by atoms with Crippen LogP contribution in [0.1, 0.15) is 31.8 Å². The fraction of sp³-hybridized carbons (Fsp3) is 0.818. The summed E-state index contributed by atoms with van der Waals surface area (Å²) < 4.78 is 1.37. The van der Waals surface area contributed by atoms with Crippen LogP contribution >= 0.6 is 11.8 Å². The Hall–Kier alpha value is -0.00714. The molecule has 0 aromatic carbocycles. The number of rotatable bonds is 5. The Morgan fingerprint density at radius 3 is 2.47 bits per heavy atom. The molecule has 2 rings (SSSR count). The van der Waals surface area contributed by atoms with E-state index in [9.17, 15) is 0 Å². The normalized spacial score (nSPS) is 21.0. The van der Waals surface area contributed by atoms with Gasteiger partial charge in [-0.2, -0.15) is 0 Å². The van der Waals surface area contributed by atoms with Crippen LogP contribution in [0, 0.1) is 0 Å². The number of aromatic amines is 1. The van der Waals surface area contributed by atoms with Gasteiger partial charge in [-0.25, -0.2) is 0 Å². The molecule has 1 aromatic rings. The van der Waals surface area contributed by atoms with Gasteiger partial charge in [0.1, 0.15) is 0 Å². The van der Waals surface area contributed by atoms with E-state index in [1.165, 1.54) is 31.7 Å². The van der Waals surface area contributed by atoms with Crippen LogP contribution in [-0.4, -0.2) is 41.0 Å². The third-order valence-corrected chi connectivity index (χ3v) is 16.6. The second-order valence-corrected chi connectivity index (χ2v) is 16.6. The molecule has 0 spiro atoms. The molecular formula is C11H22GeN4S. The summed E-state index contributed by atoms with van der Waals surface area (Å²) in [6.45, 7) is 8.09. The molecule has 6 heteroatoms. The average molecular weight is 315 g/mol. The summed E-state index contributed by atoms with van der Waals surface area (Å²) in [6.07, 6.45) is 0. The molecule has 1 aliphatic rings. The molecule has 0 saturated carbocycles. The first-order chi connectivity index (χ1) is 8.27. The molecule has 1 fully saturated rings. The predicted molar refractivity (Wildman–Crippen MR) is 76.4 cm³/mol. The third kappa shape index (κ3) is 2.42. The molecule has 0 bridgehead atoms. The minimum absolute atomic E-state index is 0.374. The van der Waals surface area contributed by atoms with Crippen LogP contribution in [0.3, 0.4) is 0 Å². The molecular weight excluding hydrogens is 293 g/mol. The van der Waals surface area contributed by atoms with E-state index in [0.717, 1.165) is 6.54 Å². The molecule has 2 heterocycles. The van der Waals surface area contributed by atoms with Gasteiger partial charge in [-0.1, -0.05) is 0 Å². The van der Waals surface area contributed by atoms with Crippen LogP contribution in [0.4, 0.5) is 0 Å². The molecule has 1 aliphatic heterocycles. The van der Waals surface area contributed by atoms with E-state index in [1.54, 1.807) is 0 Å². The number of nitrogens with zero attached hydrogens (tertiary/aromatic N) is 2. The predicted octanol–water partition coefficient (Wildman–Crippen LogP) is 1.86. The summed E-state index contributed by atoms with van der Waals surface area (Å²) >= 11 is -0.0131. The van der Waals surface area contributed by atoms with Crippen LogP contribution < -0.4 is 9.84 Å². The Bertz CT molecular complexity index is 350. The summed E-state index contributed by atoms with van der Waals surface area (Å²) in [6, 6.07) is 0. The second kappa shape index (κ2) is 5.76. The molecule has 1 atom stereocenters. The SMILES string of the molecule is C[CH2][Ge]([CH2]C)([CH2]C)[c]1n[nH]nc1C1NCCS1. The number of hydrogen-bond donors (Lipinski definition) is 2. The van der Waals surface area contributed by atoms with E-state index < -0.39 is 13.3 Å². The first kappa shape index (κ1) is 13.4. The Morgan fingerprint density at radius 2 is 1.94 bits per heavy atom. The molecule has 96 valence electrons. The Balaban J connectivity index is 2.34. The monoisotopic (exact) mass is 316 g/mol. The van der Waals surface area contributed by atoms with Crippen molar-refractivity contribution in [3.63, 3.8) is 0 Å². The topological polar surface area (TPSA) is 53.6 Å². The third-order valence-electron chi connectivity index (χ3n) is 4.07. The van der Waals surface area contributed by atoms with Crippen molar-refractivity contribution < 1.29 is 0 Å². The standard InChI is InChI=1S/C11H22GeN4S/c1-4-12(5-2,6-3)10-9(14-16-15-10)11-13-7-8-17-11/h11,13H,4-8H2,1-3H3,(H,14,15,16). The number of H-pyrrole nitrogens is 1. The maximum absolute atomic E-state index is 4.54. The van der Waals surface area contributed by atoms with E-state index in [0.29, 0.717) is 5.37 Å². The number of hydrogen-bond acceptors (Lipinski definition) is 4. The summed E-state index contributed by atoms with van der Waals surface area (Å²) in [5, 5.41) is 19.7. The van der Waals surface area contributed by atoms with Crippen LogP contribution in [0.25, 0.3) is 0 Å². The Kier molecular flexibility index (Phi) is 4.54. The fourth-order valence-corrected chi connectivity index (χ4v) is 11.3. The summed E-state index contributed by atoms with van der Waals surface area (Å²) in [5.41, 5.74) is 1.21. The fourth-order valence-electron chi connectivity index (χ4n) is 2.67. The molecule has 1 unspecified atom stereocenters. The molecule has 0 radical (unpaired) electrons. The molecule has 2 N–H and O–H groups in total. The van der Waals surface area contributed by atoms with Crippen molar-refractivity contribution in [3.8, 4) is 0 Å².